The smallest absolute Gasteiger partial charge is 0.0513 e. The highest BCUT2D eigenvalue weighted by atomic mass is 32.2. The molecule has 0 spiro atoms. The van der Waals surface area contributed by atoms with Crippen LogP contribution in [0.2, 0.25) is 0 Å². The van der Waals surface area contributed by atoms with Gasteiger partial charge in [-0.25, -0.2) is 0 Å². The fourth-order valence-electron chi connectivity index (χ4n) is 1.71. The lowest BCUT2D eigenvalue weighted by atomic mass is 10.1. The van der Waals surface area contributed by atoms with Crippen molar-refractivity contribution in [3.63, 3.8) is 0 Å². The molecule has 64 valence electrons. The van der Waals surface area contributed by atoms with E-state index in [9.17, 15) is 0 Å². The maximum Gasteiger partial charge on any atom is 0.0513 e. The van der Waals surface area contributed by atoms with E-state index < -0.39 is 0 Å². The van der Waals surface area contributed by atoms with Gasteiger partial charge in [0.05, 0.1) is 5.69 Å². The van der Waals surface area contributed by atoms with Crippen LogP contribution >= 0.6 is 11.8 Å². The first-order valence-electron chi connectivity index (χ1n) is 4.23. The summed E-state index contributed by atoms with van der Waals surface area (Å²) in [7, 11) is 0. The second kappa shape index (κ2) is 3.02. The molecule has 12 heavy (non-hydrogen) atoms. The maximum absolute atomic E-state index is 3.50. The largest absolute Gasteiger partial charge is 0.381 e. The number of para-hydroxylation sites is 1. The first-order chi connectivity index (χ1) is 5.81. The van der Waals surface area contributed by atoms with E-state index in [0.717, 1.165) is 0 Å². The zero-order valence-electron chi connectivity index (χ0n) is 7.42. The molecule has 2 rings (SSSR count). The first-order valence-corrected chi connectivity index (χ1v) is 5.46. The summed E-state index contributed by atoms with van der Waals surface area (Å²) in [6.07, 6.45) is 3.30. The molecule has 2 heteroatoms. The van der Waals surface area contributed by atoms with E-state index in [1.165, 1.54) is 22.6 Å². The number of benzene rings is 1. The summed E-state index contributed by atoms with van der Waals surface area (Å²) in [6, 6.07) is 7.14. The molecule has 0 bridgehead atoms. The van der Waals surface area contributed by atoms with E-state index in [1.54, 1.807) is 0 Å². The summed E-state index contributed by atoms with van der Waals surface area (Å²) in [5.74, 6) is 0. The van der Waals surface area contributed by atoms with E-state index in [0.29, 0.717) is 6.04 Å². The number of nitrogens with one attached hydrogen (secondary N) is 1. The molecule has 1 N–H and O–H groups in total. The van der Waals surface area contributed by atoms with Crippen LogP contribution in [0.15, 0.2) is 23.1 Å². The summed E-state index contributed by atoms with van der Waals surface area (Å²) in [5, 5.41) is 3.50. The third-order valence-corrected chi connectivity index (χ3v) is 3.03. The lowest BCUT2D eigenvalue weighted by molar-refractivity contribution is 0.839. The van der Waals surface area contributed by atoms with Gasteiger partial charge in [-0.1, -0.05) is 12.1 Å². The molecule has 0 aliphatic carbocycles. The maximum atomic E-state index is 3.50. The lowest BCUT2D eigenvalue weighted by Gasteiger charge is -2.06. The van der Waals surface area contributed by atoms with Crippen molar-refractivity contribution in [3.8, 4) is 0 Å². The molecule has 0 fully saturated rings. The van der Waals surface area contributed by atoms with Crippen molar-refractivity contribution in [1.82, 2.24) is 0 Å². The summed E-state index contributed by atoms with van der Waals surface area (Å²) in [5.41, 5.74) is 2.83. The Hall–Kier alpha value is -0.630. The molecule has 0 saturated carbocycles. The molecule has 0 saturated heterocycles. The van der Waals surface area contributed by atoms with Gasteiger partial charge in [-0.2, -0.15) is 0 Å². The van der Waals surface area contributed by atoms with Crippen LogP contribution in [0.1, 0.15) is 12.5 Å². The molecule has 1 nitrogen and oxygen atoms in total. The van der Waals surface area contributed by atoms with Crippen molar-refractivity contribution in [2.24, 2.45) is 0 Å². The molecule has 1 atom stereocenters. The SMILES string of the molecule is CSc1cccc2c1NC(C)C2. The quantitative estimate of drug-likeness (QED) is 0.665. The van der Waals surface area contributed by atoms with Crippen molar-refractivity contribution in [2.75, 3.05) is 11.6 Å². The average Bonchev–Trinajstić information content (AvgIpc) is 2.44. The van der Waals surface area contributed by atoms with Gasteiger partial charge in [0.25, 0.3) is 0 Å². The highest BCUT2D eigenvalue weighted by Gasteiger charge is 2.18. The van der Waals surface area contributed by atoms with Gasteiger partial charge >= 0.3 is 0 Å². The van der Waals surface area contributed by atoms with E-state index in [4.69, 9.17) is 0 Å². The van der Waals surface area contributed by atoms with Gasteiger partial charge in [0.1, 0.15) is 0 Å². The summed E-state index contributed by atoms with van der Waals surface area (Å²) >= 11 is 1.81. The van der Waals surface area contributed by atoms with Gasteiger partial charge in [-0.3, -0.25) is 0 Å². The molecule has 0 amide bonds. The third-order valence-electron chi connectivity index (χ3n) is 2.25. The molecule has 1 aromatic carbocycles. The van der Waals surface area contributed by atoms with Crippen LogP contribution in [0, 0.1) is 0 Å². The zero-order chi connectivity index (χ0) is 8.55. The Kier molecular flexibility index (Phi) is 2.01. The Morgan fingerprint density at radius 3 is 3.08 bits per heavy atom. The van der Waals surface area contributed by atoms with Crippen molar-refractivity contribution < 1.29 is 0 Å². The summed E-state index contributed by atoms with van der Waals surface area (Å²) in [4.78, 5) is 1.37. The predicted molar refractivity (Wildman–Crippen MR) is 55.0 cm³/mol. The molecule has 1 aliphatic rings. The Morgan fingerprint density at radius 2 is 2.33 bits per heavy atom. The molecule has 1 heterocycles. The van der Waals surface area contributed by atoms with Gasteiger partial charge in [0, 0.05) is 10.9 Å². The normalized spacial score (nSPS) is 20.3. The Bertz CT molecular complexity index is 296. The number of thioether (sulfide) groups is 1. The van der Waals surface area contributed by atoms with Crippen molar-refractivity contribution in [2.45, 2.75) is 24.3 Å². The molecule has 0 radical (unpaired) electrons. The Labute approximate surface area is 77.6 Å². The number of fused-ring (bicyclic) bond motifs is 1. The van der Waals surface area contributed by atoms with Crippen LogP contribution < -0.4 is 5.32 Å². The van der Waals surface area contributed by atoms with Crippen molar-refractivity contribution >= 4 is 17.4 Å². The third kappa shape index (κ3) is 1.20. The van der Waals surface area contributed by atoms with E-state index in [1.807, 2.05) is 11.8 Å². The molecule has 1 aromatic rings. The van der Waals surface area contributed by atoms with Crippen LogP contribution in [0.25, 0.3) is 0 Å². The van der Waals surface area contributed by atoms with Crippen molar-refractivity contribution in [3.05, 3.63) is 23.8 Å². The second-order valence-electron chi connectivity index (χ2n) is 3.24. The van der Waals surface area contributed by atoms with Crippen LogP contribution in [0.3, 0.4) is 0 Å². The van der Waals surface area contributed by atoms with Gasteiger partial charge in [0.2, 0.25) is 0 Å². The molecular weight excluding hydrogens is 166 g/mol. The molecule has 1 unspecified atom stereocenters. The summed E-state index contributed by atoms with van der Waals surface area (Å²) < 4.78 is 0. The number of anilines is 1. The van der Waals surface area contributed by atoms with E-state index in [-0.39, 0.29) is 0 Å². The van der Waals surface area contributed by atoms with Gasteiger partial charge in [0.15, 0.2) is 0 Å². The van der Waals surface area contributed by atoms with Gasteiger partial charge in [-0.15, -0.1) is 11.8 Å². The first kappa shape index (κ1) is 7.99. The van der Waals surface area contributed by atoms with Crippen LogP contribution in [-0.4, -0.2) is 12.3 Å². The van der Waals surface area contributed by atoms with Crippen LogP contribution in [-0.2, 0) is 6.42 Å². The summed E-state index contributed by atoms with van der Waals surface area (Å²) in [6.45, 7) is 2.23. The van der Waals surface area contributed by atoms with Crippen LogP contribution in [0.5, 0.6) is 0 Å². The topological polar surface area (TPSA) is 12.0 Å². The molecule has 0 aromatic heterocycles. The second-order valence-corrected chi connectivity index (χ2v) is 4.09. The Morgan fingerprint density at radius 1 is 1.50 bits per heavy atom. The molecule has 1 aliphatic heterocycles. The predicted octanol–water partition coefficient (Wildman–Crippen LogP) is 2.77. The number of hydrogen-bond donors (Lipinski definition) is 1. The van der Waals surface area contributed by atoms with E-state index >= 15 is 0 Å². The highest BCUT2D eigenvalue weighted by Crippen LogP contribution is 2.34. The number of hydrogen-bond acceptors (Lipinski definition) is 2. The van der Waals surface area contributed by atoms with Crippen LogP contribution in [0.4, 0.5) is 5.69 Å². The van der Waals surface area contributed by atoms with Gasteiger partial charge in [-0.05, 0) is 31.2 Å². The fourth-order valence-corrected chi connectivity index (χ4v) is 2.32. The Balaban J connectivity index is 2.44. The zero-order valence-corrected chi connectivity index (χ0v) is 8.24. The number of rotatable bonds is 1. The molecular formula is C10H13NS. The van der Waals surface area contributed by atoms with E-state index in [2.05, 4.69) is 36.7 Å². The standard InChI is InChI=1S/C10H13NS/c1-7-6-8-4-3-5-9(12-2)10(8)11-7/h3-5,7,11H,6H2,1-2H3. The minimum Gasteiger partial charge on any atom is -0.381 e. The van der Waals surface area contributed by atoms with Gasteiger partial charge < -0.3 is 5.32 Å². The fraction of sp³-hybridized carbons (Fsp3) is 0.400. The average molecular weight is 179 g/mol. The lowest BCUT2D eigenvalue weighted by Crippen LogP contribution is -2.08. The monoisotopic (exact) mass is 179 g/mol. The highest BCUT2D eigenvalue weighted by molar-refractivity contribution is 7.98. The van der Waals surface area contributed by atoms with Crippen molar-refractivity contribution in [1.29, 1.82) is 0 Å². The minimum atomic E-state index is 0.605. The minimum absolute atomic E-state index is 0.605.